The van der Waals surface area contributed by atoms with E-state index in [0.717, 1.165) is 12.0 Å². The van der Waals surface area contributed by atoms with Crippen LogP contribution in [0.1, 0.15) is 30.4 Å². The molecular weight excluding hydrogens is 292 g/mol. The summed E-state index contributed by atoms with van der Waals surface area (Å²) in [6, 6.07) is 28.9. The zero-order chi connectivity index (χ0) is 16.8. The summed E-state index contributed by atoms with van der Waals surface area (Å²) in [5.74, 6) is 0.241. The van der Waals surface area contributed by atoms with Crippen molar-refractivity contribution in [1.82, 2.24) is 0 Å². The molecule has 120 valence electrons. The van der Waals surface area contributed by atoms with E-state index in [-0.39, 0.29) is 5.92 Å². The van der Waals surface area contributed by atoms with Crippen molar-refractivity contribution in [2.45, 2.75) is 25.7 Å². The van der Waals surface area contributed by atoms with Gasteiger partial charge in [0.15, 0.2) is 0 Å². The van der Waals surface area contributed by atoms with Gasteiger partial charge in [0.25, 0.3) is 0 Å². The van der Waals surface area contributed by atoms with Gasteiger partial charge in [-0.25, -0.2) is 0 Å². The van der Waals surface area contributed by atoms with E-state index in [1.165, 1.54) is 16.7 Å². The fourth-order valence-corrected chi connectivity index (χ4v) is 2.91. The summed E-state index contributed by atoms with van der Waals surface area (Å²) in [4.78, 5) is 12.5. The fourth-order valence-electron chi connectivity index (χ4n) is 2.91. The summed E-state index contributed by atoms with van der Waals surface area (Å²) < 4.78 is 0. The fraction of sp³-hybridized carbons (Fsp3) is 0.174. The Labute approximate surface area is 144 Å². The number of carbonyl (C=O) groups excluding carboxylic acids is 1. The Bertz CT molecular complexity index is 773. The first-order chi connectivity index (χ1) is 11.7. The standard InChI is InChI=1S/C23H22O/c1-18(23(24)17-12-19-8-4-2-5-9-19)20-13-15-22(16-14-20)21-10-6-3-7-11-21/h2-11,13-16,18H,12,17H2,1H3. The summed E-state index contributed by atoms with van der Waals surface area (Å²) >= 11 is 0. The molecular formula is C23H22O. The van der Waals surface area contributed by atoms with Crippen LogP contribution in [0.3, 0.4) is 0 Å². The molecule has 1 unspecified atom stereocenters. The second-order valence-corrected chi connectivity index (χ2v) is 6.16. The SMILES string of the molecule is CC(C(=O)CCc1ccccc1)c1ccc(-c2ccccc2)cc1. The normalized spacial score (nSPS) is 11.9. The van der Waals surface area contributed by atoms with Gasteiger partial charge >= 0.3 is 0 Å². The smallest absolute Gasteiger partial charge is 0.140 e. The lowest BCUT2D eigenvalue weighted by atomic mass is 9.91. The van der Waals surface area contributed by atoms with Crippen LogP contribution in [0.2, 0.25) is 0 Å². The molecule has 1 atom stereocenters. The number of Topliss-reactive ketones (excluding diaryl/α,β-unsaturated/α-hetero) is 1. The molecule has 0 aliphatic carbocycles. The molecule has 1 nitrogen and oxygen atoms in total. The zero-order valence-electron chi connectivity index (χ0n) is 14.0. The zero-order valence-corrected chi connectivity index (χ0v) is 14.0. The van der Waals surface area contributed by atoms with Gasteiger partial charge in [-0.05, 0) is 28.7 Å². The average Bonchev–Trinajstić information content (AvgIpc) is 2.67. The number of carbonyl (C=O) groups is 1. The van der Waals surface area contributed by atoms with E-state index >= 15 is 0 Å². The molecule has 3 aromatic carbocycles. The van der Waals surface area contributed by atoms with Crippen molar-refractivity contribution in [1.29, 1.82) is 0 Å². The molecule has 0 saturated carbocycles. The highest BCUT2D eigenvalue weighted by Crippen LogP contribution is 2.24. The monoisotopic (exact) mass is 314 g/mol. The summed E-state index contributed by atoms with van der Waals surface area (Å²) in [6.07, 6.45) is 1.40. The van der Waals surface area contributed by atoms with Crippen LogP contribution >= 0.6 is 0 Å². The van der Waals surface area contributed by atoms with Crippen LogP contribution in [-0.4, -0.2) is 5.78 Å². The number of hydrogen-bond donors (Lipinski definition) is 0. The van der Waals surface area contributed by atoms with Crippen molar-refractivity contribution in [3.8, 4) is 11.1 Å². The van der Waals surface area contributed by atoms with Crippen LogP contribution in [0.4, 0.5) is 0 Å². The maximum absolute atomic E-state index is 12.5. The second-order valence-electron chi connectivity index (χ2n) is 6.16. The Balaban J connectivity index is 1.64. The quantitative estimate of drug-likeness (QED) is 0.574. The summed E-state index contributed by atoms with van der Waals surface area (Å²) in [6.45, 7) is 2.00. The van der Waals surface area contributed by atoms with E-state index in [2.05, 4.69) is 48.5 Å². The molecule has 0 bridgehead atoms. The van der Waals surface area contributed by atoms with Gasteiger partial charge < -0.3 is 0 Å². The largest absolute Gasteiger partial charge is 0.299 e. The minimum absolute atomic E-state index is 0.0569. The molecule has 0 aliphatic heterocycles. The average molecular weight is 314 g/mol. The van der Waals surface area contributed by atoms with Gasteiger partial charge in [0.1, 0.15) is 5.78 Å². The number of ketones is 1. The van der Waals surface area contributed by atoms with Crippen molar-refractivity contribution in [3.05, 3.63) is 96.1 Å². The highest BCUT2D eigenvalue weighted by atomic mass is 16.1. The highest BCUT2D eigenvalue weighted by molar-refractivity contribution is 5.85. The minimum atomic E-state index is -0.0569. The maximum atomic E-state index is 12.5. The molecule has 0 spiro atoms. The second kappa shape index (κ2) is 7.74. The third kappa shape index (κ3) is 3.99. The van der Waals surface area contributed by atoms with Crippen molar-refractivity contribution >= 4 is 5.78 Å². The lowest BCUT2D eigenvalue weighted by Crippen LogP contribution is -2.10. The van der Waals surface area contributed by atoms with Crippen LogP contribution in [0, 0.1) is 0 Å². The van der Waals surface area contributed by atoms with Gasteiger partial charge in [0, 0.05) is 12.3 Å². The van der Waals surface area contributed by atoms with Crippen LogP contribution < -0.4 is 0 Å². The molecule has 24 heavy (non-hydrogen) atoms. The van der Waals surface area contributed by atoms with E-state index in [1.807, 2.05) is 43.3 Å². The summed E-state index contributed by atoms with van der Waals surface area (Å²) in [7, 11) is 0. The molecule has 0 fully saturated rings. The molecule has 1 heteroatoms. The van der Waals surface area contributed by atoms with Crippen LogP contribution in [-0.2, 0) is 11.2 Å². The first-order valence-corrected chi connectivity index (χ1v) is 8.46. The number of rotatable bonds is 6. The highest BCUT2D eigenvalue weighted by Gasteiger charge is 2.15. The van der Waals surface area contributed by atoms with E-state index in [1.54, 1.807) is 0 Å². The topological polar surface area (TPSA) is 17.1 Å². The van der Waals surface area contributed by atoms with E-state index in [0.29, 0.717) is 12.2 Å². The van der Waals surface area contributed by atoms with Gasteiger partial charge in [0.2, 0.25) is 0 Å². The number of aryl methyl sites for hydroxylation is 1. The minimum Gasteiger partial charge on any atom is -0.299 e. The Morgan fingerprint density at radius 2 is 1.29 bits per heavy atom. The molecule has 3 aromatic rings. The maximum Gasteiger partial charge on any atom is 0.140 e. The third-order valence-electron chi connectivity index (χ3n) is 4.50. The lowest BCUT2D eigenvalue weighted by Gasteiger charge is -2.12. The van der Waals surface area contributed by atoms with Crippen molar-refractivity contribution in [2.75, 3.05) is 0 Å². The number of hydrogen-bond acceptors (Lipinski definition) is 1. The molecule has 0 amide bonds. The Morgan fingerprint density at radius 1 is 0.750 bits per heavy atom. The Morgan fingerprint density at radius 3 is 1.92 bits per heavy atom. The van der Waals surface area contributed by atoms with E-state index < -0.39 is 0 Å². The molecule has 0 heterocycles. The summed E-state index contributed by atoms with van der Waals surface area (Å²) in [5.41, 5.74) is 4.70. The van der Waals surface area contributed by atoms with Gasteiger partial charge in [-0.3, -0.25) is 4.79 Å². The van der Waals surface area contributed by atoms with Gasteiger partial charge in [-0.1, -0.05) is 91.9 Å². The lowest BCUT2D eigenvalue weighted by molar-refractivity contribution is -0.120. The first-order valence-electron chi connectivity index (χ1n) is 8.46. The summed E-state index contributed by atoms with van der Waals surface area (Å²) in [5, 5.41) is 0. The molecule has 0 radical (unpaired) electrons. The molecule has 0 N–H and O–H groups in total. The van der Waals surface area contributed by atoms with Crippen molar-refractivity contribution in [2.24, 2.45) is 0 Å². The van der Waals surface area contributed by atoms with Crippen LogP contribution in [0.25, 0.3) is 11.1 Å². The Kier molecular flexibility index (Phi) is 5.22. The Hall–Kier alpha value is -2.67. The van der Waals surface area contributed by atoms with Crippen molar-refractivity contribution < 1.29 is 4.79 Å². The van der Waals surface area contributed by atoms with E-state index in [4.69, 9.17) is 0 Å². The molecule has 0 aliphatic rings. The number of benzene rings is 3. The predicted octanol–water partition coefficient (Wildman–Crippen LogP) is 5.66. The van der Waals surface area contributed by atoms with Gasteiger partial charge in [0.05, 0.1) is 0 Å². The molecule has 0 saturated heterocycles. The van der Waals surface area contributed by atoms with Crippen LogP contribution in [0.5, 0.6) is 0 Å². The van der Waals surface area contributed by atoms with Crippen molar-refractivity contribution in [3.63, 3.8) is 0 Å². The van der Waals surface area contributed by atoms with E-state index in [9.17, 15) is 4.79 Å². The molecule has 0 aromatic heterocycles. The predicted molar refractivity (Wildman–Crippen MR) is 100 cm³/mol. The van der Waals surface area contributed by atoms with Crippen LogP contribution in [0.15, 0.2) is 84.9 Å². The molecule has 3 rings (SSSR count). The first kappa shape index (κ1) is 16.2. The van der Waals surface area contributed by atoms with Gasteiger partial charge in [-0.15, -0.1) is 0 Å². The van der Waals surface area contributed by atoms with Gasteiger partial charge in [-0.2, -0.15) is 0 Å². The third-order valence-corrected chi connectivity index (χ3v) is 4.50.